The lowest BCUT2D eigenvalue weighted by Gasteiger charge is -2.63. The maximum Gasteiger partial charge on any atom is 0.191 e. The first kappa shape index (κ1) is 20.5. The zero-order valence-corrected chi connectivity index (χ0v) is 19.1. The Hall–Kier alpha value is -0.800. The van der Waals surface area contributed by atoms with Crippen LogP contribution in [0.2, 0.25) is 0 Å². The van der Waals surface area contributed by atoms with Gasteiger partial charge in [0, 0.05) is 37.6 Å². The van der Waals surface area contributed by atoms with Crippen LogP contribution in [0, 0.1) is 11.3 Å². The molecule has 4 unspecified atom stereocenters. The third kappa shape index (κ3) is 3.37. The molecule has 6 nitrogen and oxygen atoms in total. The molecule has 0 amide bonds. The molecule has 2 N–H and O–H groups in total. The van der Waals surface area contributed by atoms with E-state index in [1.807, 2.05) is 13.1 Å². The van der Waals surface area contributed by atoms with Crippen molar-refractivity contribution < 1.29 is 9.15 Å². The highest BCUT2D eigenvalue weighted by Gasteiger charge is 2.66. The SMILES string of the molecule is CN=C(NCC(c1ccco1)N1CCCC1)NC1C2CCOC2C12CCC2.I. The van der Waals surface area contributed by atoms with E-state index in [4.69, 9.17) is 9.15 Å². The van der Waals surface area contributed by atoms with Crippen LogP contribution < -0.4 is 10.6 Å². The third-order valence-corrected chi connectivity index (χ3v) is 7.47. The van der Waals surface area contributed by atoms with Crippen molar-refractivity contribution in [2.75, 3.05) is 33.3 Å². The third-order valence-electron chi connectivity index (χ3n) is 7.47. The Balaban J connectivity index is 0.00000192. The molecule has 3 heterocycles. The molecular weight excluding hydrogens is 467 g/mol. The van der Waals surface area contributed by atoms with Crippen molar-refractivity contribution in [1.29, 1.82) is 0 Å². The standard InChI is InChI=1S/C21H32N4O2.HI/c1-22-20(24-18-15-7-13-27-19(15)21(18)8-5-9-21)23-14-16(17-6-4-12-26-17)25-10-2-3-11-25;/h4,6,12,15-16,18-19H,2-3,5,7-11,13-14H2,1H3,(H2,22,23,24);1H. The number of hydrogen-bond donors (Lipinski definition) is 2. The lowest BCUT2D eigenvalue weighted by Crippen LogP contribution is -2.72. The van der Waals surface area contributed by atoms with Crippen LogP contribution in [-0.2, 0) is 4.74 Å². The van der Waals surface area contributed by atoms with Crippen LogP contribution in [0.15, 0.2) is 27.8 Å². The number of ether oxygens (including phenoxy) is 1. The number of halogens is 1. The van der Waals surface area contributed by atoms with Crippen molar-refractivity contribution in [2.45, 2.75) is 56.7 Å². The Kier molecular flexibility index (Phi) is 6.23. The second kappa shape index (κ2) is 8.52. The second-order valence-corrected chi connectivity index (χ2v) is 8.68. The molecule has 1 aromatic heterocycles. The molecule has 2 aliphatic carbocycles. The molecule has 1 spiro atoms. The van der Waals surface area contributed by atoms with Gasteiger partial charge in [-0.05, 0) is 57.3 Å². The van der Waals surface area contributed by atoms with Crippen LogP contribution in [0.25, 0.3) is 0 Å². The first-order chi connectivity index (χ1) is 13.3. The Morgan fingerprint density at radius 3 is 2.79 bits per heavy atom. The van der Waals surface area contributed by atoms with Gasteiger partial charge in [-0.15, -0.1) is 24.0 Å². The molecule has 2 saturated heterocycles. The Labute approximate surface area is 184 Å². The number of furan rings is 1. The van der Waals surface area contributed by atoms with E-state index >= 15 is 0 Å². The number of aliphatic imine (C=N–C) groups is 1. The van der Waals surface area contributed by atoms with E-state index < -0.39 is 0 Å². The zero-order chi connectivity index (χ0) is 18.3. The predicted molar refractivity (Wildman–Crippen MR) is 120 cm³/mol. The summed E-state index contributed by atoms with van der Waals surface area (Å²) in [6.45, 7) is 4.03. The molecule has 0 radical (unpaired) electrons. The molecule has 4 aliphatic rings. The number of guanidine groups is 1. The van der Waals surface area contributed by atoms with Gasteiger partial charge in [-0.3, -0.25) is 9.89 Å². The highest BCUT2D eigenvalue weighted by molar-refractivity contribution is 14.0. The summed E-state index contributed by atoms with van der Waals surface area (Å²) < 4.78 is 11.8. The summed E-state index contributed by atoms with van der Waals surface area (Å²) in [5, 5.41) is 7.36. The minimum atomic E-state index is 0. The predicted octanol–water partition coefficient (Wildman–Crippen LogP) is 3.16. The molecule has 2 saturated carbocycles. The van der Waals surface area contributed by atoms with Crippen molar-refractivity contribution in [1.82, 2.24) is 15.5 Å². The summed E-state index contributed by atoms with van der Waals surface area (Å²) >= 11 is 0. The lowest BCUT2D eigenvalue weighted by molar-refractivity contribution is -0.171. The molecule has 2 aliphatic heterocycles. The molecule has 0 aromatic carbocycles. The highest BCUT2D eigenvalue weighted by Crippen LogP contribution is 2.62. The van der Waals surface area contributed by atoms with Crippen molar-refractivity contribution in [3.05, 3.63) is 24.2 Å². The van der Waals surface area contributed by atoms with Gasteiger partial charge in [0.25, 0.3) is 0 Å². The van der Waals surface area contributed by atoms with Crippen molar-refractivity contribution in [3.63, 3.8) is 0 Å². The lowest BCUT2D eigenvalue weighted by atomic mass is 9.46. The molecule has 156 valence electrons. The van der Waals surface area contributed by atoms with E-state index in [2.05, 4.69) is 26.6 Å². The van der Waals surface area contributed by atoms with Crippen LogP contribution in [-0.4, -0.2) is 56.3 Å². The maximum absolute atomic E-state index is 6.05. The summed E-state index contributed by atoms with van der Waals surface area (Å²) in [4.78, 5) is 7.06. The molecule has 4 fully saturated rings. The summed E-state index contributed by atoms with van der Waals surface area (Å²) in [7, 11) is 1.88. The van der Waals surface area contributed by atoms with Crippen molar-refractivity contribution >= 4 is 29.9 Å². The van der Waals surface area contributed by atoms with Gasteiger partial charge in [-0.1, -0.05) is 6.42 Å². The summed E-state index contributed by atoms with van der Waals surface area (Å²) in [6.07, 6.45) is 9.94. The highest BCUT2D eigenvalue weighted by atomic mass is 127. The Bertz CT molecular complexity index is 670. The van der Waals surface area contributed by atoms with E-state index in [1.165, 1.54) is 38.5 Å². The van der Waals surface area contributed by atoms with Gasteiger partial charge in [-0.25, -0.2) is 0 Å². The van der Waals surface area contributed by atoms with Gasteiger partial charge in [0.15, 0.2) is 5.96 Å². The van der Waals surface area contributed by atoms with Crippen molar-refractivity contribution in [3.8, 4) is 0 Å². The average molecular weight is 500 g/mol. The summed E-state index contributed by atoms with van der Waals surface area (Å²) in [6, 6.07) is 4.86. The zero-order valence-electron chi connectivity index (χ0n) is 16.7. The first-order valence-electron chi connectivity index (χ1n) is 10.7. The molecule has 4 atom stereocenters. The molecule has 7 heteroatoms. The molecular formula is C21H33IN4O2. The topological polar surface area (TPSA) is 62.0 Å². The van der Waals surface area contributed by atoms with E-state index in [0.29, 0.717) is 23.5 Å². The first-order valence-corrected chi connectivity index (χ1v) is 10.7. The van der Waals surface area contributed by atoms with Crippen LogP contribution in [0.4, 0.5) is 0 Å². The number of nitrogens with zero attached hydrogens (tertiary/aromatic N) is 2. The maximum atomic E-state index is 6.05. The van der Waals surface area contributed by atoms with E-state index in [-0.39, 0.29) is 30.0 Å². The minimum Gasteiger partial charge on any atom is -0.468 e. The monoisotopic (exact) mass is 500 g/mol. The Morgan fingerprint density at radius 2 is 2.14 bits per heavy atom. The summed E-state index contributed by atoms with van der Waals surface area (Å²) in [5.74, 6) is 2.62. The van der Waals surface area contributed by atoms with Crippen LogP contribution in [0.5, 0.6) is 0 Å². The summed E-state index contributed by atoms with van der Waals surface area (Å²) in [5.41, 5.74) is 0.369. The molecule has 5 rings (SSSR count). The fraction of sp³-hybridized carbons (Fsp3) is 0.762. The average Bonchev–Trinajstić information content (AvgIpc) is 3.38. The number of rotatable bonds is 5. The second-order valence-electron chi connectivity index (χ2n) is 8.68. The van der Waals surface area contributed by atoms with E-state index in [0.717, 1.165) is 38.0 Å². The Morgan fingerprint density at radius 1 is 1.32 bits per heavy atom. The fourth-order valence-electron chi connectivity index (χ4n) is 5.93. The molecule has 1 aromatic rings. The van der Waals surface area contributed by atoms with Crippen LogP contribution in [0.1, 0.15) is 50.3 Å². The van der Waals surface area contributed by atoms with E-state index in [9.17, 15) is 0 Å². The molecule has 28 heavy (non-hydrogen) atoms. The van der Waals surface area contributed by atoms with Gasteiger partial charge in [0.1, 0.15) is 5.76 Å². The van der Waals surface area contributed by atoms with Gasteiger partial charge >= 0.3 is 0 Å². The van der Waals surface area contributed by atoms with Gasteiger partial charge in [0.2, 0.25) is 0 Å². The van der Waals surface area contributed by atoms with Gasteiger partial charge in [0.05, 0.1) is 18.4 Å². The number of hydrogen-bond acceptors (Lipinski definition) is 4. The number of fused-ring (bicyclic) bond motifs is 2. The van der Waals surface area contributed by atoms with Gasteiger partial charge in [-0.2, -0.15) is 0 Å². The van der Waals surface area contributed by atoms with E-state index in [1.54, 1.807) is 6.26 Å². The fourth-order valence-corrected chi connectivity index (χ4v) is 5.93. The normalized spacial score (nSPS) is 32.2. The molecule has 0 bridgehead atoms. The quantitative estimate of drug-likeness (QED) is 0.370. The van der Waals surface area contributed by atoms with Gasteiger partial charge < -0.3 is 19.8 Å². The smallest absolute Gasteiger partial charge is 0.191 e. The largest absolute Gasteiger partial charge is 0.468 e. The minimum absolute atomic E-state index is 0. The number of nitrogens with one attached hydrogen (secondary N) is 2. The number of likely N-dealkylation sites (tertiary alicyclic amines) is 1. The van der Waals surface area contributed by atoms with Crippen molar-refractivity contribution in [2.24, 2.45) is 16.3 Å². The van der Waals surface area contributed by atoms with Crippen LogP contribution in [0.3, 0.4) is 0 Å². The van der Waals surface area contributed by atoms with Crippen LogP contribution >= 0.6 is 24.0 Å².